The highest BCUT2D eigenvalue weighted by molar-refractivity contribution is 9.10. The molecule has 1 saturated heterocycles. The summed E-state index contributed by atoms with van der Waals surface area (Å²) in [4.78, 5) is 130. The third-order valence-corrected chi connectivity index (χ3v) is 13.3. The number of amides is 4. The van der Waals surface area contributed by atoms with Gasteiger partial charge < -0.3 is 56.6 Å². The fourth-order valence-electron chi connectivity index (χ4n) is 8.73. The van der Waals surface area contributed by atoms with Gasteiger partial charge in [-0.05, 0) is 81.4 Å². The van der Waals surface area contributed by atoms with Gasteiger partial charge in [-0.1, -0.05) is 28.1 Å². The van der Waals surface area contributed by atoms with E-state index in [1.807, 2.05) is 24.3 Å². The van der Waals surface area contributed by atoms with Crippen LogP contribution in [0.5, 0.6) is 0 Å². The largest absolute Gasteiger partial charge is 0.481 e. The fraction of sp³-hybridized carbons (Fsp3) is 0.652. The van der Waals surface area contributed by atoms with E-state index in [0.717, 1.165) is 10.0 Å². The topological polar surface area (TPSA) is 365 Å². The molecule has 1 aromatic rings. The lowest BCUT2D eigenvalue weighted by atomic mass is 9.81. The summed E-state index contributed by atoms with van der Waals surface area (Å²) in [7, 11) is 0. The Morgan fingerprint density at radius 1 is 0.583 bits per heavy atom. The molecule has 25 nitrogen and oxygen atoms in total. The highest BCUT2D eigenvalue weighted by Crippen LogP contribution is 2.31. The van der Waals surface area contributed by atoms with Crippen LogP contribution in [0.2, 0.25) is 0 Å². The minimum atomic E-state index is -1.55. The van der Waals surface area contributed by atoms with Crippen LogP contribution in [-0.4, -0.2) is 223 Å². The van der Waals surface area contributed by atoms with Crippen LogP contribution in [0.25, 0.3) is 0 Å². The summed E-state index contributed by atoms with van der Waals surface area (Å²) in [5.41, 5.74) is 0.861. The van der Waals surface area contributed by atoms with Crippen LogP contribution in [-0.2, 0) is 49.7 Å². The average molecular weight is 1090 g/mol. The van der Waals surface area contributed by atoms with Gasteiger partial charge in [0, 0.05) is 95.2 Å². The summed E-state index contributed by atoms with van der Waals surface area (Å²) in [6.45, 7) is 0.828. The second-order valence-electron chi connectivity index (χ2n) is 18.2. The number of unbranched alkanes of at least 4 members (excludes halogenated alkanes) is 1. The van der Waals surface area contributed by atoms with Gasteiger partial charge in [0.1, 0.15) is 18.1 Å². The molecule has 1 aliphatic heterocycles. The van der Waals surface area contributed by atoms with Crippen molar-refractivity contribution in [2.75, 3.05) is 85.1 Å². The minimum absolute atomic E-state index is 0.0377. The van der Waals surface area contributed by atoms with Crippen molar-refractivity contribution >= 4 is 75.6 Å². The lowest BCUT2D eigenvalue weighted by Crippen LogP contribution is -2.52. The quantitative estimate of drug-likeness (QED) is 0.0515. The summed E-state index contributed by atoms with van der Waals surface area (Å²) in [6.07, 6.45) is 1.74. The third kappa shape index (κ3) is 23.5. The van der Waals surface area contributed by atoms with E-state index in [-0.39, 0.29) is 134 Å². The van der Waals surface area contributed by atoms with Gasteiger partial charge in [-0.2, -0.15) is 0 Å². The summed E-state index contributed by atoms with van der Waals surface area (Å²) < 4.78 is 0.847. The van der Waals surface area contributed by atoms with E-state index in [1.54, 1.807) is 24.5 Å². The van der Waals surface area contributed by atoms with Crippen molar-refractivity contribution in [3.05, 3.63) is 34.3 Å². The number of carbonyl (C=O) groups is 10. The molecule has 1 saturated carbocycles. The molecule has 3 rings (SSSR count). The van der Waals surface area contributed by atoms with E-state index in [0.29, 0.717) is 38.6 Å². The summed E-state index contributed by atoms with van der Waals surface area (Å²) >= 11 is 3.42. The van der Waals surface area contributed by atoms with Crippen molar-refractivity contribution < 1.29 is 83.7 Å². The molecular weight excluding hydrogens is 1020 g/mol. The van der Waals surface area contributed by atoms with Crippen LogP contribution in [0.4, 0.5) is 4.79 Å². The third-order valence-electron chi connectivity index (χ3n) is 12.7. The van der Waals surface area contributed by atoms with E-state index in [2.05, 4.69) is 31.9 Å². The molecule has 10 N–H and O–H groups in total. The number of nitrogens with one attached hydrogen (secondary N) is 3. The molecule has 26 heteroatoms. The lowest BCUT2D eigenvalue weighted by Gasteiger charge is -2.35. The van der Waals surface area contributed by atoms with Gasteiger partial charge in [0.05, 0.1) is 19.6 Å². The highest BCUT2D eigenvalue weighted by atomic mass is 79.9. The van der Waals surface area contributed by atoms with Gasteiger partial charge in [-0.15, -0.1) is 0 Å². The first kappa shape index (κ1) is 60.3. The van der Waals surface area contributed by atoms with Crippen LogP contribution >= 0.6 is 15.9 Å². The molecule has 0 bridgehead atoms. The predicted molar refractivity (Wildman–Crippen MR) is 258 cm³/mol. The Balaban J connectivity index is 1.57. The summed E-state index contributed by atoms with van der Waals surface area (Å²) in [5.74, 6) is -9.41. The Labute approximate surface area is 425 Å². The maximum Gasteiger partial charge on any atom is 0.326 e. The second kappa shape index (κ2) is 31.5. The number of hydrogen-bond donors (Lipinski definition) is 10. The van der Waals surface area contributed by atoms with E-state index in [9.17, 15) is 78.6 Å². The van der Waals surface area contributed by atoms with E-state index in [1.165, 1.54) is 0 Å². The van der Waals surface area contributed by atoms with E-state index < -0.39 is 78.8 Å². The number of carbonyl (C=O) groups excluding carboxylic acids is 3. The number of carboxylic acids is 7. The molecule has 72 heavy (non-hydrogen) atoms. The molecule has 1 heterocycles. The monoisotopic (exact) mass is 1080 g/mol. The van der Waals surface area contributed by atoms with Crippen LogP contribution in [0.3, 0.4) is 0 Å². The normalized spacial score (nSPS) is 19.0. The molecule has 402 valence electrons. The molecule has 0 radical (unpaired) electrons. The van der Waals surface area contributed by atoms with Crippen molar-refractivity contribution in [1.82, 2.24) is 40.4 Å². The van der Waals surface area contributed by atoms with Crippen molar-refractivity contribution in [1.29, 1.82) is 0 Å². The second-order valence-corrected chi connectivity index (χ2v) is 19.1. The Bertz CT molecular complexity index is 1980. The molecule has 2 aliphatic rings. The van der Waals surface area contributed by atoms with Gasteiger partial charge in [0.25, 0.3) is 0 Å². The highest BCUT2D eigenvalue weighted by Gasteiger charge is 2.32. The van der Waals surface area contributed by atoms with Gasteiger partial charge in [-0.3, -0.25) is 53.2 Å². The average Bonchev–Trinajstić information content (AvgIpc) is 3.30. The maximum absolute atomic E-state index is 14.1. The number of halogens is 1. The Kier molecular flexibility index (Phi) is 26.4. The molecule has 2 fully saturated rings. The van der Waals surface area contributed by atoms with Crippen LogP contribution in [0.1, 0.15) is 76.2 Å². The molecule has 1 aliphatic carbocycles. The van der Waals surface area contributed by atoms with Gasteiger partial charge in [0.2, 0.25) is 11.8 Å². The van der Waals surface area contributed by atoms with Gasteiger partial charge >= 0.3 is 47.8 Å². The van der Waals surface area contributed by atoms with Crippen molar-refractivity contribution in [3.63, 3.8) is 0 Å². The number of rotatable bonds is 28. The molecule has 1 aromatic carbocycles. The zero-order valence-electron chi connectivity index (χ0n) is 40.2. The first-order valence-corrected chi connectivity index (χ1v) is 24.7. The SMILES string of the molecule is O=C(O)CC[C@H](NC(=O)N[C@@H](CCCCN(Cc1ccc(Br)cc1)C(=O)C1CCC(CNC(=O)CCC(C(=O)O)N2CCN(CC(=O)O)CCN(CC(=O)O)CCN(CC(=O)O)CC2)CC1)C(=O)O)C(=O)O. The molecule has 1 unspecified atom stereocenters. The maximum atomic E-state index is 14.1. The van der Waals surface area contributed by atoms with Gasteiger partial charge in [-0.25, -0.2) is 14.4 Å². The van der Waals surface area contributed by atoms with Crippen molar-refractivity contribution in [3.8, 4) is 0 Å². The first-order valence-electron chi connectivity index (χ1n) is 23.9. The van der Waals surface area contributed by atoms with Crippen molar-refractivity contribution in [2.45, 2.75) is 95.3 Å². The number of carboxylic acid groups (broad SMARTS) is 7. The Hall–Kier alpha value is -5.96. The summed E-state index contributed by atoms with van der Waals surface area (Å²) in [6, 6.07) is 2.26. The Morgan fingerprint density at radius 3 is 1.53 bits per heavy atom. The van der Waals surface area contributed by atoms with Crippen LogP contribution in [0, 0.1) is 11.8 Å². The number of aliphatic carboxylic acids is 7. The lowest BCUT2D eigenvalue weighted by molar-refractivity contribution is -0.145. The van der Waals surface area contributed by atoms with Gasteiger partial charge in [0.15, 0.2) is 0 Å². The number of hydrogen-bond acceptors (Lipinski definition) is 14. The number of nitrogens with zero attached hydrogens (tertiary/aromatic N) is 5. The van der Waals surface area contributed by atoms with E-state index >= 15 is 0 Å². The Morgan fingerprint density at radius 2 is 1.07 bits per heavy atom. The number of benzene rings is 1. The summed E-state index contributed by atoms with van der Waals surface area (Å²) in [5, 5.41) is 74.1. The zero-order chi connectivity index (χ0) is 53.3. The molecule has 4 amide bonds. The van der Waals surface area contributed by atoms with E-state index in [4.69, 9.17) is 5.11 Å². The first-order chi connectivity index (χ1) is 34.1. The van der Waals surface area contributed by atoms with Crippen LogP contribution < -0.4 is 16.0 Å². The zero-order valence-corrected chi connectivity index (χ0v) is 41.8. The minimum Gasteiger partial charge on any atom is -0.481 e. The number of urea groups is 1. The van der Waals surface area contributed by atoms with Crippen LogP contribution in [0.15, 0.2) is 28.7 Å². The molecular formula is C46H69BrN8O17. The smallest absolute Gasteiger partial charge is 0.326 e. The molecule has 0 aromatic heterocycles. The fourth-order valence-corrected chi connectivity index (χ4v) is 8.99. The molecule has 0 spiro atoms. The predicted octanol–water partition coefficient (Wildman–Crippen LogP) is 0.650. The molecule has 3 atom stereocenters. The standard InChI is InChI=1S/C46H69BrN8O17/c47-33-10-6-31(7-11-33)26-55(16-2-1-3-34(43(66)67)49-46(72)50-35(44(68)69)12-15-38(57)58)42(65)32-8-4-30(5-9-32)25-48-37(56)14-13-36(45(70)71)54-23-21-52(28-40(61)62)19-17-51(27-39(59)60)18-20-53(22-24-54)29-41(63)64/h6-7,10-11,30,32,34-36H,1-5,8-9,12-29H2,(H,48,56)(H,57,58)(H,59,60)(H,61,62)(H,63,64)(H,66,67)(H,68,69)(H,70,71)(H2,49,50,72)/t30?,32?,34-,35-,36?/m0/s1. The van der Waals surface area contributed by atoms with Crippen molar-refractivity contribution in [2.24, 2.45) is 11.8 Å².